The standard InChI is InChI=1S/C15H14ClNO3/c16-8-1-3-9(4-2-8)17-14(18)12-7-5-10-11(6-7)20-15(19)13(10)12/h1-4,7,10-13H,5-6H2,(H,17,18)/t7-,10-,11-,12+,13+/m1/s1. The van der Waals surface area contributed by atoms with Crippen molar-refractivity contribution in [3.05, 3.63) is 29.3 Å². The first kappa shape index (κ1) is 12.2. The Kier molecular flexibility index (Phi) is 2.58. The summed E-state index contributed by atoms with van der Waals surface area (Å²) < 4.78 is 5.35. The summed E-state index contributed by atoms with van der Waals surface area (Å²) in [5.41, 5.74) is 0.713. The number of hydrogen-bond acceptors (Lipinski definition) is 3. The van der Waals surface area contributed by atoms with Gasteiger partial charge < -0.3 is 10.1 Å². The molecule has 1 aromatic carbocycles. The molecule has 3 aliphatic rings. The summed E-state index contributed by atoms with van der Waals surface area (Å²) in [6.45, 7) is 0. The summed E-state index contributed by atoms with van der Waals surface area (Å²) in [5.74, 6) is -0.173. The predicted molar refractivity (Wildman–Crippen MR) is 73.2 cm³/mol. The number of halogens is 1. The fourth-order valence-electron chi connectivity index (χ4n) is 4.12. The largest absolute Gasteiger partial charge is 0.462 e. The van der Waals surface area contributed by atoms with Gasteiger partial charge in [-0.15, -0.1) is 0 Å². The van der Waals surface area contributed by atoms with E-state index < -0.39 is 0 Å². The van der Waals surface area contributed by atoms with Gasteiger partial charge in [-0.1, -0.05) is 11.6 Å². The highest BCUT2D eigenvalue weighted by molar-refractivity contribution is 6.30. The SMILES string of the molecule is O=C(Nc1ccc(Cl)cc1)[C@H]1[C@@H]2C[C@H]3[C@@H]1C(=O)O[C@@H]3C2. The number of rotatable bonds is 2. The minimum Gasteiger partial charge on any atom is -0.462 e. The first-order chi connectivity index (χ1) is 9.63. The van der Waals surface area contributed by atoms with Gasteiger partial charge in [0.15, 0.2) is 0 Å². The van der Waals surface area contributed by atoms with E-state index in [0.717, 1.165) is 12.8 Å². The number of nitrogens with one attached hydrogen (secondary N) is 1. The minimum atomic E-state index is -0.234. The number of hydrogen-bond donors (Lipinski definition) is 1. The molecule has 5 heteroatoms. The summed E-state index contributed by atoms with van der Waals surface area (Å²) in [6, 6.07) is 7.00. The van der Waals surface area contributed by atoms with Crippen LogP contribution in [0.5, 0.6) is 0 Å². The maximum Gasteiger partial charge on any atom is 0.310 e. The van der Waals surface area contributed by atoms with Crippen LogP contribution in [0.25, 0.3) is 0 Å². The average molecular weight is 292 g/mol. The van der Waals surface area contributed by atoms with Crippen molar-refractivity contribution in [2.75, 3.05) is 5.32 Å². The molecule has 0 aromatic heterocycles. The molecule has 1 amide bonds. The van der Waals surface area contributed by atoms with Gasteiger partial charge >= 0.3 is 5.97 Å². The van der Waals surface area contributed by atoms with Crippen LogP contribution in [0.15, 0.2) is 24.3 Å². The highest BCUT2D eigenvalue weighted by Crippen LogP contribution is 2.57. The van der Waals surface area contributed by atoms with Crippen LogP contribution < -0.4 is 5.32 Å². The highest BCUT2D eigenvalue weighted by Gasteiger charge is 2.63. The maximum atomic E-state index is 12.5. The number of carbonyl (C=O) groups excluding carboxylic acids is 2. The average Bonchev–Trinajstić information content (AvgIpc) is 3.02. The first-order valence-electron chi connectivity index (χ1n) is 6.90. The van der Waals surface area contributed by atoms with Crippen molar-refractivity contribution in [3.8, 4) is 0 Å². The number of amides is 1. The molecule has 20 heavy (non-hydrogen) atoms. The van der Waals surface area contributed by atoms with Gasteiger partial charge in [-0.2, -0.15) is 0 Å². The first-order valence-corrected chi connectivity index (χ1v) is 7.28. The molecule has 1 aliphatic heterocycles. The van der Waals surface area contributed by atoms with Crippen molar-refractivity contribution in [1.82, 2.24) is 0 Å². The third-order valence-electron chi connectivity index (χ3n) is 4.90. The van der Waals surface area contributed by atoms with Crippen molar-refractivity contribution >= 4 is 29.2 Å². The molecule has 1 saturated heterocycles. The van der Waals surface area contributed by atoms with E-state index in [9.17, 15) is 9.59 Å². The Labute approximate surface area is 121 Å². The van der Waals surface area contributed by atoms with Crippen LogP contribution in [0.3, 0.4) is 0 Å². The van der Waals surface area contributed by atoms with Gasteiger partial charge in [0, 0.05) is 16.6 Å². The lowest BCUT2D eigenvalue weighted by molar-refractivity contribution is -0.145. The summed E-state index contributed by atoms with van der Waals surface area (Å²) >= 11 is 5.82. The van der Waals surface area contributed by atoms with E-state index in [1.165, 1.54) is 0 Å². The van der Waals surface area contributed by atoms with Gasteiger partial charge in [-0.05, 0) is 43.0 Å². The van der Waals surface area contributed by atoms with Crippen LogP contribution in [0, 0.1) is 23.7 Å². The molecule has 0 radical (unpaired) electrons. The molecular weight excluding hydrogens is 278 g/mol. The summed E-state index contributed by atoms with van der Waals surface area (Å²) in [5, 5.41) is 3.52. The molecule has 0 spiro atoms. The van der Waals surface area contributed by atoms with Crippen molar-refractivity contribution in [2.24, 2.45) is 23.7 Å². The molecule has 4 nitrogen and oxygen atoms in total. The zero-order valence-corrected chi connectivity index (χ0v) is 11.5. The number of carbonyl (C=O) groups is 2. The van der Waals surface area contributed by atoms with Gasteiger partial charge in [0.2, 0.25) is 5.91 Å². The lowest BCUT2D eigenvalue weighted by atomic mass is 9.79. The van der Waals surface area contributed by atoms with Crippen LogP contribution in [0.4, 0.5) is 5.69 Å². The number of anilines is 1. The zero-order valence-electron chi connectivity index (χ0n) is 10.7. The summed E-state index contributed by atoms with van der Waals surface area (Å²) in [4.78, 5) is 24.4. The lowest BCUT2D eigenvalue weighted by Crippen LogP contribution is -2.35. The highest BCUT2D eigenvalue weighted by atomic mass is 35.5. The number of ether oxygens (including phenoxy) is 1. The molecule has 1 N–H and O–H groups in total. The summed E-state index contributed by atoms with van der Waals surface area (Å²) in [7, 11) is 0. The molecule has 1 aromatic rings. The van der Waals surface area contributed by atoms with Crippen LogP contribution in [-0.2, 0) is 14.3 Å². The molecule has 1 heterocycles. The van der Waals surface area contributed by atoms with Crippen molar-refractivity contribution in [1.29, 1.82) is 0 Å². The van der Waals surface area contributed by atoms with E-state index in [-0.39, 0.29) is 41.7 Å². The molecule has 5 atom stereocenters. The Morgan fingerprint density at radius 2 is 2.00 bits per heavy atom. The smallest absolute Gasteiger partial charge is 0.310 e. The fraction of sp³-hybridized carbons (Fsp3) is 0.467. The second-order valence-corrected chi connectivity index (χ2v) is 6.35. The van der Waals surface area contributed by atoms with E-state index in [0.29, 0.717) is 10.7 Å². The van der Waals surface area contributed by atoms with Gasteiger partial charge in [-0.3, -0.25) is 9.59 Å². The quantitative estimate of drug-likeness (QED) is 0.852. The molecule has 0 unspecified atom stereocenters. The second kappa shape index (κ2) is 4.22. The molecule has 4 rings (SSSR count). The Morgan fingerprint density at radius 1 is 1.25 bits per heavy atom. The lowest BCUT2D eigenvalue weighted by Gasteiger charge is -2.23. The Morgan fingerprint density at radius 3 is 2.75 bits per heavy atom. The van der Waals surface area contributed by atoms with Gasteiger partial charge in [-0.25, -0.2) is 0 Å². The van der Waals surface area contributed by atoms with Crippen molar-refractivity contribution < 1.29 is 14.3 Å². The monoisotopic (exact) mass is 291 g/mol. The second-order valence-electron chi connectivity index (χ2n) is 5.92. The Bertz CT molecular complexity index is 583. The molecule has 2 saturated carbocycles. The Balaban J connectivity index is 1.54. The zero-order chi connectivity index (χ0) is 13.9. The molecule has 2 aliphatic carbocycles. The van der Waals surface area contributed by atoms with E-state index >= 15 is 0 Å². The van der Waals surface area contributed by atoms with Gasteiger partial charge in [0.05, 0.1) is 11.8 Å². The van der Waals surface area contributed by atoms with Crippen LogP contribution >= 0.6 is 11.6 Å². The van der Waals surface area contributed by atoms with Crippen LogP contribution in [-0.4, -0.2) is 18.0 Å². The number of fused-ring (bicyclic) bond motifs is 1. The van der Waals surface area contributed by atoms with Crippen molar-refractivity contribution in [2.45, 2.75) is 18.9 Å². The van der Waals surface area contributed by atoms with E-state index in [1.807, 2.05) is 0 Å². The molecular formula is C15H14ClNO3. The molecule has 2 bridgehead atoms. The molecule has 3 fully saturated rings. The normalized spacial score (nSPS) is 37.0. The fourth-order valence-corrected chi connectivity index (χ4v) is 4.25. The number of benzene rings is 1. The van der Waals surface area contributed by atoms with Crippen molar-refractivity contribution in [3.63, 3.8) is 0 Å². The van der Waals surface area contributed by atoms with E-state index in [1.54, 1.807) is 24.3 Å². The third-order valence-corrected chi connectivity index (χ3v) is 5.15. The van der Waals surface area contributed by atoms with Crippen LogP contribution in [0.1, 0.15) is 12.8 Å². The van der Waals surface area contributed by atoms with E-state index in [4.69, 9.17) is 16.3 Å². The van der Waals surface area contributed by atoms with Gasteiger partial charge in [0.25, 0.3) is 0 Å². The number of esters is 1. The Hall–Kier alpha value is -1.55. The minimum absolute atomic E-state index is 0.0667. The van der Waals surface area contributed by atoms with Gasteiger partial charge in [0.1, 0.15) is 6.10 Å². The third kappa shape index (κ3) is 1.67. The molecule has 104 valence electrons. The van der Waals surface area contributed by atoms with Crippen LogP contribution in [0.2, 0.25) is 5.02 Å². The topological polar surface area (TPSA) is 55.4 Å². The summed E-state index contributed by atoms with van der Waals surface area (Å²) in [6.07, 6.45) is 1.85. The van der Waals surface area contributed by atoms with E-state index in [2.05, 4.69) is 5.32 Å². The predicted octanol–water partition coefficient (Wildman–Crippen LogP) is 2.48. The maximum absolute atomic E-state index is 12.5.